The standard InChI is InChI=1S/C11H19N5O4/c1-11(20,5-9(17)18)6-13-10(19)12-4-2-3-8-14-7-15-16-8/h7,20H,2-6H2,1H3,(H,17,18)(H2,12,13,19)(H,14,15,16). The van der Waals surface area contributed by atoms with E-state index < -0.39 is 24.0 Å². The number of amides is 2. The number of H-pyrrole nitrogens is 1. The maximum Gasteiger partial charge on any atom is 0.314 e. The number of nitrogens with zero attached hydrogens (tertiary/aromatic N) is 2. The van der Waals surface area contributed by atoms with Crippen molar-refractivity contribution < 1.29 is 19.8 Å². The molecule has 1 heterocycles. The molecule has 5 N–H and O–H groups in total. The van der Waals surface area contributed by atoms with Crippen LogP contribution in [-0.4, -0.2) is 56.1 Å². The van der Waals surface area contributed by atoms with Crippen molar-refractivity contribution in [1.29, 1.82) is 0 Å². The van der Waals surface area contributed by atoms with Crippen molar-refractivity contribution in [3.63, 3.8) is 0 Å². The summed E-state index contributed by atoms with van der Waals surface area (Å²) in [7, 11) is 0. The Labute approximate surface area is 115 Å². The Bertz CT molecular complexity index is 432. The number of rotatable bonds is 8. The summed E-state index contributed by atoms with van der Waals surface area (Å²) in [5, 5.41) is 29.7. The minimum Gasteiger partial charge on any atom is -0.481 e. The van der Waals surface area contributed by atoms with Crippen molar-refractivity contribution in [2.24, 2.45) is 0 Å². The smallest absolute Gasteiger partial charge is 0.314 e. The topological polar surface area (TPSA) is 140 Å². The second kappa shape index (κ2) is 7.43. The number of carboxylic acid groups (broad SMARTS) is 1. The molecule has 0 spiro atoms. The number of aromatic amines is 1. The molecule has 0 fully saturated rings. The molecule has 1 unspecified atom stereocenters. The van der Waals surface area contributed by atoms with E-state index in [-0.39, 0.29) is 6.54 Å². The Balaban J connectivity index is 2.12. The van der Waals surface area contributed by atoms with Crippen LogP contribution in [0.4, 0.5) is 4.79 Å². The highest BCUT2D eigenvalue weighted by Crippen LogP contribution is 2.06. The van der Waals surface area contributed by atoms with Crippen molar-refractivity contribution in [3.05, 3.63) is 12.2 Å². The Morgan fingerprint density at radius 3 is 2.80 bits per heavy atom. The molecule has 9 nitrogen and oxygen atoms in total. The zero-order chi connectivity index (χ0) is 15.0. The summed E-state index contributed by atoms with van der Waals surface area (Å²) in [6.45, 7) is 1.66. The number of urea groups is 1. The van der Waals surface area contributed by atoms with Gasteiger partial charge in [0.1, 0.15) is 12.2 Å². The molecule has 0 aromatic carbocycles. The number of hydrogen-bond acceptors (Lipinski definition) is 5. The molecular weight excluding hydrogens is 266 g/mol. The molecule has 1 aromatic rings. The molecule has 1 atom stereocenters. The number of aliphatic hydroxyl groups is 1. The number of carboxylic acids is 1. The van der Waals surface area contributed by atoms with Crippen LogP contribution in [0.3, 0.4) is 0 Å². The van der Waals surface area contributed by atoms with Gasteiger partial charge in [-0.3, -0.25) is 9.89 Å². The maximum absolute atomic E-state index is 11.4. The minimum absolute atomic E-state index is 0.132. The summed E-state index contributed by atoms with van der Waals surface area (Å²) >= 11 is 0. The van der Waals surface area contributed by atoms with Crippen molar-refractivity contribution in [3.8, 4) is 0 Å². The van der Waals surface area contributed by atoms with E-state index in [0.717, 1.165) is 5.82 Å². The highest BCUT2D eigenvalue weighted by atomic mass is 16.4. The molecule has 0 aliphatic heterocycles. The van der Waals surface area contributed by atoms with Gasteiger partial charge in [-0.15, -0.1) is 0 Å². The fourth-order valence-electron chi connectivity index (χ4n) is 1.53. The first-order valence-electron chi connectivity index (χ1n) is 6.19. The molecule has 0 saturated carbocycles. The third kappa shape index (κ3) is 6.69. The molecule has 2 amide bonds. The lowest BCUT2D eigenvalue weighted by molar-refractivity contribution is -0.141. The van der Waals surface area contributed by atoms with Crippen LogP contribution in [0.5, 0.6) is 0 Å². The van der Waals surface area contributed by atoms with Crippen LogP contribution in [0.2, 0.25) is 0 Å². The van der Waals surface area contributed by atoms with Crippen molar-refractivity contribution in [2.75, 3.05) is 13.1 Å². The van der Waals surface area contributed by atoms with Crippen LogP contribution >= 0.6 is 0 Å². The molecule has 0 radical (unpaired) electrons. The SMILES string of the molecule is CC(O)(CNC(=O)NCCCc1ncn[nH]1)CC(=O)O. The molecular formula is C11H19N5O4. The predicted octanol–water partition coefficient (Wildman–Crippen LogP) is -0.738. The Morgan fingerprint density at radius 1 is 1.45 bits per heavy atom. The summed E-state index contributed by atoms with van der Waals surface area (Å²) in [6, 6.07) is -0.451. The number of carbonyl (C=O) groups is 2. The van der Waals surface area contributed by atoms with E-state index in [1.165, 1.54) is 13.3 Å². The van der Waals surface area contributed by atoms with E-state index in [4.69, 9.17) is 5.11 Å². The van der Waals surface area contributed by atoms with Gasteiger partial charge in [0, 0.05) is 19.5 Å². The lowest BCUT2D eigenvalue weighted by Gasteiger charge is -2.21. The lowest BCUT2D eigenvalue weighted by atomic mass is 10.0. The first kappa shape index (κ1) is 15.9. The van der Waals surface area contributed by atoms with Crippen LogP contribution < -0.4 is 10.6 Å². The highest BCUT2D eigenvalue weighted by Gasteiger charge is 2.24. The van der Waals surface area contributed by atoms with E-state index in [1.54, 1.807) is 0 Å². The van der Waals surface area contributed by atoms with Crippen LogP contribution in [0.25, 0.3) is 0 Å². The number of aliphatic carboxylic acids is 1. The van der Waals surface area contributed by atoms with Crippen molar-refractivity contribution in [2.45, 2.75) is 31.8 Å². The average molecular weight is 285 g/mol. The van der Waals surface area contributed by atoms with E-state index in [9.17, 15) is 14.7 Å². The molecule has 112 valence electrons. The van der Waals surface area contributed by atoms with E-state index in [2.05, 4.69) is 25.8 Å². The van der Waals surface area contributed by atoms with Gasteiger partial charge in [-0.05, 0) is 13.3 Å². The molecule has 20 heavy (non-hydrogen) atoms. The zero-order valence-corrected chi connectivity index (χ0v) is 11.2. The van der Waals surface area contributed by atoms with E-state index >= 15 is 0 Å². The van der Waals surface area contributed by atoms with E-state index in [1.807, 2.05) is 0 Å². The summed E-state index contributed by atoms with van der Waals surface area (Å²) < 4.78 is 0. The number of aryl methyl sites for hydroxylation is 1. The lowest BCUT2D eigenvalue weighted by Crippen LogP contribution is -2.46. The average Bonchev–Trinajstić information content (AvgIpc) is 2.84. The maximum atomic E-state index is 11.4. The molecule has 9 heteroatoms. The van der Waals surface area contributed by atoms with Gasteiger partial charge < -0.3 is 20.8 Å². The molecule has 1 aromatic heterocycles. The number of hydrogen-bond donors (Lipinski definition) is 5. The fourth-order valence-corrected chi connectivity index (χ4v) is 1.53. The number of aromatic nitrogens is 3. The molecule has 0 aliphatic carbocycles. The summed E-state index contributed by atoms with van der Waals surface area (Å²) in [6.07, 6.45) is 2.34. The van der Waals surface area contributed by atoms with Crippen LogP contribution in [0.1, 0.15) is 25.6 Å². The molecule has 0 aliphatic rings. The van der Waals surface area contributed by atoms with E-state index in [0.29, 0.717) is 19.4 Å². The van der Waals surface area contributed by atoms with Gasteiger partial charge in [-0.1, -0.05) is 0 Å². The third-order valence-electron chi connectivity index (χ3n) is 2.50. The molecule has 0 saturated heterocycles. The first-order valence-corrected chi connectivity index (χ1v) is 6.19. The van der Waals surface area contributed by atoms with Gasteiger partial charge in [0.25, 0.3) is 0 Å². The largest absolute Gasteiger partial charge is 0.481 e. The third-order valence-corrected chi connectivity index (χ3v) is 2.50. The monoisotopic (exact) mass is 285 g/mol. The summed E-state index contributed by atoms with van der Waals surface area (Å²) in [5.74, 6) is -0.374. The van der Waals surface area contributed by atoms with Gasteiger partial charge in [-0.2, -0.15) is 5.10 Å². The van der Waals surface area contributed by atoms with Gasteiger partial charge in [0.15, 0.2) is 0 Å². The van der Waals surface area contributed by atoms with Crippen LogP contribution in [0, 0.1) is 0 Å². The highest BCUT2D eigenvalue weighted by molar-refractivity contribution is 5.74. The summed E-state index contributed by atoms with van der Waals surface area (Å²) in [5.41, 5.74) is -1.47. The Kier molecular flexibility index (Phi) is 5.91. The molecule has 1 rings (SSSR count). The van der Waals surface area contributed by atoms with Crippen molar-refractivity contribution >= 4 is 12.0 Å². The summed E-state index contributed by atoms with van der Waals surface area (Å²) in [4.78, 5) is 25.8. The van der Waals surface area contributed by atoms with Crippen molar-refractivity contribution in [1.82, 2.24) is 25.8 Å². The normalized spacial score (nSPS) is 13.5. The fraction of sp³-hybridized carbons (Fsp3) is 0.636. The number of carbonyl (C=O) groups excluding carboxylic acids is 1. The van der Waals surface area contributed by atoms with Gasteiger partial charge >= 0.3 is 12.0 Å². The second-order valence-electron chi connectivity index (χ2n) is 4.71. The van der Waals surface area contributed by atoms with Crippen LogP contribution in [0.15, 0.2) is 6.33 Å². The van der Waals surface area contributed by atoms with Gasteiger partial charge in [0.2, 0.25) is 0 Å². The minimum atomic E-state index is -1.47. The Hall–Kier alpha value is -2.16. The van der Waals surface area contributed by atoms with Gasteiger partial charge in [0.05, 0.1) is 12.0 Å². The van der Waals surface area contributed by atoms with Crippen LogP contribution in [-0.2, 0) is 11.2 Å². The molecule has 0 bridgehead atoms. The zero-order valence-electron chi connectivity index (χ0n) is 11.2. The van der Waals surface area contributed by atoms with Gasteiger partial charge in [-0.25, -0.2) is 9.78 Å². The first-order chi connectivity index (χ1) is 9.39. The second-order valence-corrected chi connectivity index (χ2v) is 4.71. The number of nitrogens with one attached hydrogen (secondary N) is 3. The quantitative estimate of drug-likeness (QED) is 0.398. The Morgan fingerprint density at radius 2 is 2.20 bits per heavy atom. The predicted molar refractivity (Wildman–Crippen MR) is 69.0 cm³/mol.